The monoisotopic (exact) mass is 420 g/mol. The standard InChI is InChI=1S/C22H32N2O6/c1-6-13-29-17-9-7-16(8-10-17)18(25)11-12-21(28)30-15-20(27)24(5)14-19(26)23-22(2,3)4/h7-10H,6,11-15H2,1-5H3,(H,23,26). The largest absolute Gasteiger partial charge is 0.494 e. The summed E-state index contributed by atoms with van der Waals surface area (Å²) in [7, 11) is 1.45. The van der Waals surface area contributed by atoms with Crippen LogP contribution in [0.2, 0.25) is 0 Å². The minimum Gasteiger partial charge on any atom is -0.494 e. The van der Waals surface area contributed by atoms with Crippen LogP contribution in [0.5, 0.6) is 5.75 Å². The lowest BCUT2D eigenvalue weighted by Gasteiger charge is -2.23. The maximum atomic E-state index is 12.2. The fourth-order valence-electron chi connectivity index (χ4n) is 2.40. The van der Waals surface area contributed by atoms with Gasteiger partial charge in [0.1, 0.15) is 5.75 Å². The fraction of sp³-hybridized carbons (Fsp3) is 0.545. The molecule has 0 spiro atoms. The lowest BCUT2D eigenvalue weighted by atomic mass is 10.1. The van der Waals surface area contributed by atoms with Crippen LogP contribution in [0.3, 0.4) is 0 Å². The highest BCUT2D eigenvalue weighted by Gasteiger charge is 2.19. The van der Waals surface area contributed by atoms with E-state index in [9.17, 15) is 19.2 Å². The van der Waals surface area contributed by atoms with E-state index >= 15 is 0 Å². The molecule has 0 saturated heterocycles. The van der Waals surface area contributed by atoms with E-state index in [-0.39, 0.29) is 31.1 Å². The number of carbonyl (C=O) groups is 4. The van der Waals surface area contributed by atoms with E-state index in [2.05, 4.69) is 5.32 Å². The van der Waals surface area contributed by atoms with E-state index in [1.165, 1.54) is 11.9 Å². The van der Waals surface area contributed by atoms with Crippen LogP contribution in [-0.4, -0.2) is 60.8 Å². The number of nitrogens with zero attached hydrogens (tertiary/aromatic N) is 1. The Morgan fingerprint density at radius 3 is 2.23 bits per heavy atom. The van der Waals surface area contributed by atoms with E-state index in [0.717, 1.165) is 6.42 Å². The molecule has 0 saturated carbocycles. The lowest BCUT2D eigenvalue weighted by Crippen LogP contribution is -2.46. The maximum Gasteiger partial charge on any atom is 0.306 e. The van der Waals surface area contributed by atoms with Crippen LogP contribution in [0.15, 0.2) is 24.3 Å². The van der Waals surface area contributed by atoms with Gasteiger partial charge in [-0.2, -0.15) is 0 Å². The molecule has 166 valence electrons. The highest BCUT2D eigenvalue weighted by atomic mass is 16.5. The number of nitrogens with one attached hydrogen (secondary N) is 1. The van der Waals surface area contributed by atoms with E-state index in [1.54, 1.807) is 24.3 Å². The zero-order chi connectivity index (χ0) is 22.7. The molecule has 8 nitrogen and oxygen atoms in total. The van der Waals surface area contributed by atoms with Gasteiger partial charge in [-0.3, -0.25) is 19.2 Å². The van der Waals surface area contributed by atoms with E-state index in [0.29, 0.717) is 17.9 Å². The first kappa shape index (κ1) is 25.1. The molecule has 0 radical (unpaired) electrons. The van der Waals surface area contributed by atoms with Crippen molar-refractivity contribution < 1.29 is 28.7 Å². The van der Waals surface area contributed by atoms with Gasteiger partial charge in [0.05, 0.1) is 19.6 Å². The minimum absolute atomic E-state index is 0.0218. The van der Waals surface area contributed by atoms with E-state index < -0.39 is 24.0 Å². The Balaban J connectivity index is 2.36. The number of likely N-dealkylation sites (N-methyl/N-ethyl adjacent to an activating group) is 1. The summed E-state index contributed by atoms with van der Waals surface area (Å²) in [5, 5.41) is 2.75. The van der Waals surface area contributed by atoms with Crippen molar-refractivity contribution in [1.29, 1.82) is 0 Å². The van der Waals surface area contributed by atoms with Crippen LogP contribution in [0, 0.1) is 0 Å². The predicted octanol–water partition coefficient (Wildman–Crippen LogP) is 2.35. The van der Waals surface area contributed by atoms with Crippen molar-refractivity contribution in [3.63, 3.8) is 0 Å². The smallest absolute Gasteiger partial charge is 0.306 e. The molecule has 0 fully saturated rings. The number of amides is 2. The summed E-state index contributed by atoms with van der Waals surface area (Å²) in [5.41, 5.74) is 0.0790. The molecule has 0 aliphatic rings. The van der Waals surface area contributed by atoms with Crippen molar-refractivity contribution in [2.45, 2.75) is 52.5 Å². The van der Waals surface area contributed by atoms with Crippen LogP contribution in [0.1, 0.15) is 57.3 Å². The van der Waals surface area contributed by atoms with Crippen LogP contribution in [0.25, 0.3) is 0 Å². The molecule has 1 aromatic rings. The zero-order valence-corrected chi connectivity index (χ0v) is 18.4. The molecule has 1 rings (SSSR count). The first-order valence-corrected chi connectivity index (χ1v) is 9.98. The van der Waals surface area contributed by atoms with Gasteiger partial charge in [-0.05, 0) is 51.5 Å². The van der Waals surface area contributed by atoms with Gasteiger partial charge in [0.25, 0.3) is 5.91 Å². The van der Waals surface area contributed by atoms with Gasteiger partial charge >= 0.3 is 5.97 Å². The zero-order valence-electron chi connectivity index (χ0n) is 18.4. The Morgan fingerprint density at radius 2 is 1.67 bits per heavy atom. The van der Waals surface area contributed by atoms with Gasteiger partial charge in [0.2, 0.25) is 5.91 Å². The third-order valence-electron chi connectivity index (χ3n) is 3.88. The summed E-state index contributed by atoms with van der Waals surface area (Å²) < 4.78 is 10.4. The molecule has 0 unspecified atom stereocenters. The third-order valence-corrected chi connectivity index (χ3v) is 3.88. The summed E-state index contributed by atoms with van der Waals surface area (Å²) in [6, 6.07) is 6.73. The van der Waals surface area contributed by atoms with Gasteiger partial charge in [-0.25, -0.2) is 0 Å². The number of Topliss-reactive ketones (excluding diaryl/α,β-unsaturated/α-hetero) is 1. The number of ether oxygens (including phenoxy) is 2. The molecule has 0 aromatic heterocycles. The van der Waals surface area contributed by atoms with E-state index in [1.807, 2.05) is 27.7 Å². The van der Waals surface area contributed by atoms with Crippen molar-refractivity contribution in [3.8, 4) is 5.75 Å². The van der Waals surface area contributed by atoms with Crippen molar-refractivity contribution in [1.82, 2.24) is 10.2 Å². The second-order valence-corrected chi connectivity index (χ2v) is 8.00. The third kappa shape index (κ3) is 10.0. The number of hydrogen-bond donors (Lipinski definition) is 1. The van der Waals surface area contributed by atoms with Crippen LogP contribution in [0.4, 0.5) is 0 Å². The summed E-state index contributed by atoms with van der Waals surface area (Å²) in [5.74, 6) is -0.960. The summed E-state index contributed by atoms with van der Waals surface area (Å²) in [6.07, 6.45) is 0.742. The van der Waals surface area contributed by atoms with Gasteiger partial charge in [-0.1, -0.05) is 6.92 Å². The van der Waals surface area contributed by atoms with Crippen LogP contribution in [-0.2, 0) is 19.1 Å². The Morgan fingerprint density at radius 1 is 1.03 bits per heavy atom. The number of rotatable bonds is 11. The molecule has 0 aliphatic heterocycles. The predicted molar refractivity (Wildman–Crippen MR) is 112 cm³/mol. The molecule has 0 heterocycles. The minimum atomic E-state index is -0.646. The van der Waals surface area contributed by atoms with Gasteiger partial charge in [0.15, 0.2) is 12.4 Å². The normalized spacial score (nSPS) is 10.8. The van der Waals surface area contributed by atoms with Crippen molar-refractivity contribution in [2.75, 3.05) is 26.8 Å². The Kier molecular flexibility index (Phi) is 10.0. The number of benzene rings is 1. The average Bonchev–Trinajstić information content (AvgIpc) is 2.67. The number of hydrogen-bond acceptors (Lipinski definition) is 6. The highest BCUT2D eigenvalue weighted by Crippen LogP contribution is 2.14. The molecule has 1 aromatic carbocycles. The van der Waals surface area contributed by atoms with Gasteiger partial charge in [-0.15, -0.1) is 0 Å². The molecule has 8 heteroatoms. The molecule has 0 bridgehead atoms. The Hall–Kier alpha value is -2.90. The topological polar surface area (TPSA) is 102 Å². The SMILES string of the molecule is CCCOc1ccc(C(=O)CCC(=O)OCC(=O)N(C)CC(=O)NC(C)(C)C)cc1. The quantitative estimate of drug-likeness (QED) is 0.436. The molecule has 1 N–H and O–H groups in total. The summed E-state index contributed by atoms with van der Waals surface area (Å²) >= 11 is 0. The Bertz CT molecular complexity index is 737. The van der Waals surface area contributed by atoms with Crippen molar-refractivity contribution in [3.05, 3.63) is 29.8 Å². The summed E-state index contributed by atoms with van der Waals surface area (Å²) in [4.78, 5) is 49.1. The van der Waals surface area contributed by atoms with Gasteiger partial charge in [0, 0.05) is 24.6 Å². The van der Waals surface area contributed by atoms with Crippen molar-refractivity contribution >= 4 is 23.6 Å². The second kappa shape index (κ2) is 11.9. The maximum absolute atomic E-state index is 12.2. The first-order chi connectivity index (χ1) is 14.0. The van der Waals surface area contributed by atoms with Crippen molar-refractivity contribution in [2.24, 2.45) is 0 Å². The summed E-state index contributed by atoms with van der Waals surface area (Å²) in [6.45, 7) is 7.51. The highest BCUT2D eigenvalue weighted by molar-refractivity contribution is 5.97. The second-order valence-electron chi connectivity index (χ2n) is 8.00. The number of carbonyl (C=O) groups excluding carboxylic acids is 4. The molecule has 30 heavy (non-hydrogen) atoms. The van der Waals surface area contributed by atoms with Crippen LogP contribution >= 0.6 is 0 Å². The molecular formula is C22H32N2O6. The first-order valence-electron chi connectivity index (χ1n) is 9.98. The van der Waals surface area contributed by atoms with Crippen LogP contribution < -0.4 is 10.1 Å². The molecule has 0 aliphatic carbocycles. The average molecular weight is 421 g/mol. The molecule has 2 amide bonds. The lowest BCUT2D eigenvalue weighted by molar-refractivity contribution is -0.152. The number of ketones is 1. The number of esters is 1. The van der Waals surface area contributed by atoms with Gasteiger partial charge < -0.3 is 19.7 Å². The van der Waals surface area contributed by atoms with E-state index in [4.69, 9.17) is 9.47 Å². The Labute approximate surface area is 177 Å². The molecular weight excluding hydrogens is 388 g/mol. The fourth-order valence-corrected chi connectivity index (χ4v) is 2.40. The molecule has 0 atom stereocenters.